The molecule has 0 fully saturated rings. The standard InChI is InChI=1S/C10H14BrClN2O2S/c1-7(13)4-5-14-17(15,16)10-6-8(11)2-3-9(10)12/h2-3,6-7,14H,4-5,13H2,1H3. The van der Waals surface area contributed by atoms with Gasteiger partial charge in [0.15, 0.2) is 0 Å². The summed E-state index contributed by atoms with van der Waals surface area (Å²) < 4.78 is 27.0. The number of nitrogens with one attached hydrogen (secondary N) is 1. The van der Waals surface area contributed by atoms with E-state index in [1.165, 1.54) is 12.1 Å². The van der Waals surface area contributed by atoms with Crippen LogP contribution in [0, 0.1) is 0 Å². The third-order valence-electron chi connectivity index (χ3n) is 2.07. The van der Waals surface area contributed by atoms with E-state index < -0.39 is 10.0 Å². The van der Waals surface area contributed by atoms with Crippen molar-refractivity contribution < 1.29 is 8.42 Å². The molecule has 0 aliphatic rings. The van der Waals surface area contributed by atoms with Gasteiger partial charge < -0.3 is 5.73 Å². The summed E-state index contributed by atoms with van der Waals surface area (Å²) in [4.78, 5) is 0.0678. The Hall–Kier alpha value is -0.140. The van der Waals surface area contributed by atoms with E-state index in [-0.39, 0.29) is 16.0 Å². The zero-order valence-electron chi connectivity index (χ0n) is 9.28. The average molecular weight is 342 g/mol. The van der Waals surface area contributed by atoms with Crippen molar-refractivity contribution in [2.75, 3.05) is 6.54 Å². The molecule has 1 unspecified atom stereocenters. The van der Waals surface area contributed by atoms with Crippen LogP contribution in [-0.2, 0) is 10.0 Å². The van der Waals surface area contributed by atoms with Crippen molar-refractivity contribution in [1.82, 2.24) is 4.72 Å². The Morgan fingerprint density at radius 1 is 1.53 bits per heavy atom. The Bertz CT molecular complexity index is 491. The monoisotopic (exact) mass is 340 g/mol. The zero-order chi connectivity index (χ0) is 13.1. The highest BCUT2D eigenvalue weighted by atomic mass is 79.9. The summed E-state index contributed by atoms with van der Waals surface area (Å²) in [5, 5.41) is 0.196. The third kappa shape index (κ3) is 4.56. The molecule has 1 atom stereocenters. The second kappa shape index (κ2) is 6.15. The lowest BCUT2D eigenvalue weighted by Gasteiger charge is -2.09. The molecule has 0 bridgehead atoms. The molecule has 0 amide bonds. The van der Waals surface area contributed by atoms with Gasteiger partial charge in [-0.15, -0.1) is 0 Å². The highest BCUT2D eigenvalue weighted by Crippen LogP contribution is 2.24. The normalized spacial score (nSPS) is 13.6. The maximum atomic E-state index is 11.9. The number of nitrogens with two attached hydrogens (primary N) is 1. The van der Waals surface area contributed by atoms with Gasteiger partial charge in [0.05, 0.1) is 5.02 Å². The number of hydrogen-bond donors (Lipinski definition) is 2. The van der Waals surface area contributed by atoms with Crippen LogP contribution in [0.3, 0.4) is 0 Å². The molecule has 0 aliphatic heterocycles. The molecule has 4 nitrogen and oxygen atoms in total. The fourth-order valence-electron chi connectivity index (χ4n) is 1.18. The van der Waals surface area contributed by atoms with Crippen molar-refractivity contribution in [3.63, 3.8) is 0 Å². The predicted molar refractivity (Wildman–Crippen MR) is 72.6 cm³/mol. The number of sulfonamides is 1. The third-order valence-corrected chi connectivity index (χ3v) is 4.51. The molecule has 1 aromatic rings. The van der Waals surface area contributed by atoms with E-state index in [4.69, 9.17) is 17.3 Å². The highest BCUT2D eigenvalue weighted by molar-refractivity contribution is 9.10. The lowest BCUT2D eigenvalue weighted by atomic mass is 10.3. The quantitative estimate of drug-likeness (QED) is 0.861. The molecule has 0 saturated carbocycles. The van der Waals surface area contributed by atoms with E-state index in [0.29, 0.717) is 17.4 Å². The maximum absolute atomic E-state index is 11.9. The van der Waals surface area contributed by atoms with Gasteiger partial charge >= 0.3 is 0 Å². The van der Waals surface area contributed by atoms with Crippen molar-refractivity contribution in [2.24, 2.45) is 5.73 Å². The summed E-state index contributed by atoms with van der Waals surface area (Å²) in [6.07, 6.45) is 0.574. The molecule has 0 saturated heterocycles. The second-order valence-electron chi connectivity index (χ2n) is 3.74. The smallest absolute Gasteiger partial charge is 0.242 e. The molecule has 96 valence electrons. The van der Waals surface area contributed by atoms with Gasteiger partial charge in [-0.25, -0.2) is 13.1 Å². The molecule has 0 aromatic heterocycles. The van der Waals surface area contributed by atoms with Crippen molar-refractivity contribution in [3.8, 4) is 0 Å². The average Bonchev–Trinajstić information content (AvgIpc) is 2.20. The van der Waals surface area contributed by atoms with Crippen LogP contribution in [0.4, 0.5) is 0 Å². The summed E-state index contributed by atoms with van der Waals surface area (Å²) in [6, 6.07) is 4.64. The van der Waals surface area contributed by atoms with Gasteiger partial charge in [-0.2, -0.15) is 0 Å². The van der Waals surface area contributed by atoms with Crippen LogP contribution < -0.4 is 10.5 Å². The lowest BCUT2D eigenvalue weighted by molar-refractivity contribution is 0.572. The number of hydrogen-bond acceptors (Lipinski definition) is 3. The molecule has 0 spiro atoms. The molecule has 1 aromatic carbocycles. The van der Waals surface area contributed by atoms with Crippen molar-refractivity contribution >= 4 is 37.6 Å². The van der Waals surface area contributed by atoms with Crippen molar-refractivity contribution in [1.29, 1.82) is 0 Å². The summed E-state index contributed by atoms with van der Waals surface area (Å²) in [5.41, 5.74) is 5.55. The molecular weight excluding hydrogens is 328 g/mol. The van der Waals surface area contributed by atoms with Crippen LogP contribution >= 0.6 is 27.5 Å². The van der Waals surface area contributed by atoms with Gasteiger partial charge in [0.25, 0.3) is 0 Å². The Labute approximate surface area is 115 Å². The van der Waals surface area contributed by atoms with E-state index >= 15 is 0 Å². The predicted octanol–water partition coefficient (Wildman–Crippen LogP) is 2.12. The van der Waals surface area contributed by atoms with E-state index in [1.807, 2.05) is 6.92 Å². The van der Waals surface area contributed by atoms with E-state index in [1.54, 1.807) is 6.07 Å². The first-order chi connectivity index (χ1) is 7.83. The molecule has 0 heterocycles. The summed E-state index contributed by atoms with van der Waals surface area (Å²) >= 11 is 9.07. The van der Waals surface area contributed by atoms with Crippen LogP contribution in [-0.4, -0.2) is 21.0 Å². The maximum Gasteiger partial charge on any atom is 0.242 e. The first-order valence-electron chi connectivity index (χ1n) is 5.03. The molecule has 1 rings (SSSR count). The number of benzene rings is 1. The first kappa shape index (κ1) is 14.9. The lowest BCUT2D eigenvalue weighted by Crippen LogP contribution is -2.29. The number of halogens is 2. The Morgan fingerprint density at radius 3 is 2.76 bits per heavy atom. The molecule has 7 heteroatoms. The van der Waals surface area contributed by atoms with Crippen LogP contribution in [0.1, 0.15) is 13.3 Å². The summed E-state index contributed by atoms with van der Waals surface area (Å²) in [7, 11) is -3.58. The minimum Gasteiger partial charge on any atom is -0.328 e. The van der Waals surface area contributed by atoms with Crippen LogP contribution in [0.25, 0.3) is 0 Å². The Morgan fingerprint density at radius 2 is 2.18 bits per heavy atom. The van der Waals surface area contributed by atoms with Gasteiger partial charge in [-0.1, -0.05) is 27.5 Å². The largest absolute Gasteiger partial charge is 0.328 e. The SMILES string of the molecule is CC(N)CCNS(=O)(=O)c1cc(Br)ccc1Cl. The first-order valence-corrected chi connectivity index (χ1v) is 7.68. The van der Waals surface area contributed by atoms with Crippen molar-refractivity contribution in [3.05, 3.63) is 27.7 Å². The van der Waals surface area contributed by atoms with Crippen LogP contribution in [0.2, 0.25) is 5.02 Å². The minimum absolute atomic E-state index is 0.0457. The summed E-state index contributed by atoms with van der Waals surface area (Å²) in [6.45, 7) is 2.11. The fourth-order valence-corrected chi connectivity index (χ4v) is 3.27. The van der Waals surface area contributed by atoms with Gasteiger partial charge in [0.2, 0.25) is 10.0 Å². The topological polar surface area (TPSA) is 72.2 Å². The van der Waals surface area contributed by atoms with Crippen LogP contribution in [0.5, 0.6) is 0 Å². The van der Waals surface area contributed by atoms with E-state index in [9.17, 15) is 8.42 Å². The van der Waals surface area contributed by atoms with Crippen LogP contribution in [0.15, 0.2) is 27.6 Å². The van der Waals surface area contributed by atoms with Gasteiger partial charge in [0, 0.05) is 17.1 Å². The number of rotatable bonds is 5. The van der Waals surface area contributed by atoms with Gasteiger partial charge in [-0.3, -0.25) is 0 Å². The minimum atomic E-state index is -3.58. The zero-order valence-corrected chi connectivity index (χ0v) is 12.4. The van der Waals surface area contributed by atoms with E-state index in [2.05, 4.69) is 20.7 Å². The van der Waals surface area contributed by atoms with E-state index in [0.717, 1.165) is 0 Å². The highest BCUT2D eigenvalue weighted by Gasteiger charge is 2.17. The van der Waals surface area contributed by atoms with Gasteiger partial charge in [-0.05, 0) is 31.5 Å². The summed E-state index contributed by atoms with van der Waals surface area (Å²) in [5.74, 6) is 0. The Balaban J connectivity index is 2.86. The molecule has 0 aliphatic carbocycles. The van der Waals surface area contributed by atoms with Crippen molar-refractivity contribution in [2.45, 2.75) is 24.3 Å². The molecule has 3 N–H and O–H groups in total. The fraction of sp³-hybridized carbons (Fsp3) is 0.400. The molecule has 0 radical (unpaired) electrons. The Kier molecular flexibility index (Phi) is 5.40. The second-order valence-corrected chi connectivity index (χ2v) is 6.80. The molecule has 17 heavy (non-hydrogen) atoms. The van der Waals surface area contributed by atoms with Gasteiger partial charge in [0.1, 0.15) is 4.90 Å². The molecular formula is C10H14BrClN2O2S.